The third kappa shape index (κ3) is 2.85. The maximum absolute atomic E-state index is 12.5. The van der Waals surface area contributed by atoms with Crippen LogP contribution in [-0.4, -0.2) is 33.7 Å². The van der Waals surface area contributed by atoms with Crippen molar-refractivity contribution in [2.45, 2.75) is 13.5 Å². The van der Waals surface area contributed by atoms with Gasteiger partial charge in [-0.25, -0.2) is 9.97 Å². The second-order valence-electron chi connectivity index (χ2n) is 5.01. The van der Waals surface area contributed by atoms with Crippen molar-refractivity contribution >= 4 is 11.2 Å². The molecule has 118 valence electrons. The van der Waals surface area contributed by atoms with Crippen molar-refractivity contribution in [2.75, 3.05) is 14.2 Å². The van der Waals surface area contributed by atoms with Gasteiger partial charge in [-0.15, -0.1) is 0 Å². The van der Waals surface area contributed by atoms with Crippen LogP contribution in [0.4, 0.5) is 0 Å². The van der Waals surface area contributed by atoms with E-state index in [4.69, 9.17) is 9.47 Å². The summed E-state index contributed by atoms with van der Waals surface area (Å²) >= 11 is 0. The van der Waals surface area contributed by atoms with Crippen molar-refractivity contribution in [3.05, 3.63) is 52.1 Å². The number of nitrogens with zero attached hydrogens (tertiary/aromatic N) is 4. The number of fused-ring (bicyclic) bond motifs is 1. The Morgan fingerprint density at radius 3 is 2.74 bits per heavy atom. The molecular weight excluding hydrogens is 296 g/mol. The van der Waals surface area contributed by atoms with Gasteiger partial charge in [-0.2, -0.15) is 4.98 Å². The van der Waals surface area contributed by atoms with Crippen LogP contribution in [0.5, 0.6) is 11.8 Å². The molecule has 1 aromatic carbocycles. The lowest BCUT2D eigenvalue weighted by Crippen LogP contribution is -2.25. The molecule has 23 heavy (non-hydrogen) atoms. The van der Waals surface area contributed by atoms with Crippen molar-refractivity contribution in [1.82, 2.24) is 19.5 Å². The van der Waals surface area contributed by atoms with Crippen LogP contribution < -0.4 is 15.0 Å². The van der Waals surface area contributed by atoms with Gasteiger partial charge < -0.3 is 9.47 Å². The van der Waals surface area contributed by atoms with Crippen LogP contribution in [0.25, 0.3) is 11.2 Å². The Morgan fingerprint density at radius 2 is 2.00 bits per heavy atom. The van der Waals surface area contributed by atoms with Gasteiger partial charge in [0.2, 0.25) is 0 Å². The number of ether oxygens (including phenoxy) is 2. The summed E-state index contributed by atoms with van der Waals surface area (Å²) in [7, 11) is 3.09. The van der Waals surface area contributed by atoms with E-state index in [0.717, 1.165) is 11.3 Å². The lowest BCUT2D eigenvalue weighted by molar-refractivity contribution is 0.381. The van der Waals surface area contributed by atoms with E-state index in [9.17, 15) is 4.79 Å². The maximum atomic E-state index is 12.5. The quantitative estimate of drug-likeness (QED) is 0.727. The number of aryl methyl sites for hydroxylation is 1. The molecule has 0 N–H and O–H groups in total. The molecule has 0 saturated carbocycles. The Labute approximate surface area is 132 Å². The Morgan fingerprint density at radius 1 is 1.17 bits per heavy atom. The standard InChI is InChI=1S/C16H16N4O3/c1-10-15(21)20(9-11-5-4-6-12(7-11)22-2)14-13(18-10)8-17-16(19-14)23-3/h4-8H,9H2,1-3H3. The third-order valence-corrected chi connectivity index (χ3v) is 3.48. The number of aromatic nitrogens is 4. The van der Waals surface area contributed by atoms with E-state index in [2.05, 4.69) is 15.0 Å². The van der Waals surface area contributed by atoms with E-state index in [1.54, 1.807) is 24.8 Å². The molecule has 0 amide bonds. The van der Waals surface area contributed by atoms with E-state index in [1.807, 2.05) is 24.3 Å². The fraction of sp³-hybridized carbons (Fsp3) is 0.250. The van der Waals surface area contributed by atoms with Crippen molar-refractivity contribution in [3.63, 3.8) is 0 Å². The summed E-state index contributed by atoms with van der Waals surface area (Å²) in [6.45, 7) is 2.03. The summed E-state index contributed by atoms with van der Waals surface area (Å²) in [5, 5.41) is 0. The lowest BCUT2D eigenvalue weighted by atomic mass is 10.2. The van der Waals surface area contributed by atoms with Crippen LogP contribution in [0.15, 0.2) is 35.3 Å². The highest BCUT2D eigenvalue weighted by Gasteiger charge is 2.12. The molecule has 0 saturated heterocycles. The minimum atomic E-state index is -0.193. The molecule has 2 aromatic heterocycles. The van der Waals surface area contributed by atoms with Gasteiger partial charge in [0, 0.05) is 0 Å². The molecule has 0 aliphatic carbocycles. The van der Waals surface area contributed by atoms with Crippen molar-refractivity contribution in [3.8, 4) is 11.8 Å². The van der Waals surface area contributed by atoms with Gasteiger partial charge in [-0.3, -0.25) is 9.36 Å². The first kappa shape index (κ1) is 15.0. The number of benzene rings is 1. The van der Waals surface area contributed by atoms with E-state index >= 15 is 0 Å². The molecule has 0 aliphatic heterocycles. The van der Waals surface area contributed by atoms with Crippen LogP contribution in [0.2, 0.25) is 0 Å². The SMILES string of the molecule is COc1cccc(Cn2c(=O)c(C)nc3cnc(OC)nc32)c1. The first-order valence-corrected chi connectivity index (χ1v) is 7.03. The molecule has 0 atom stereocenters. The number of hydrogen-bond acceptors (Lipinski definition) is 6. The van der Waals surface area contributed by atoms with Crippen LogP contribution >= 0.6 is 0 Å². The fourth-order valence-corrected chi connectivity index (χ4v) is 2.35. The van der Waals surface area contributed by atoms with Crippen molar-refractivity contribution < 1.29 is 9.47 Å². The molecular formula is C16H16N4O3. The van der Waals surface area contributed by atoms with Crippen LogP contribution in [0, 0.1) is 6.92 Å². The first-order chi connectivity index (χ1) is 11.1. The Kier molecular flexibility index (Phi) is 3.92. The lowest BCUT2D eigenvalue weighted by Gasteiger charge is -2.11. The maximum Gasteiger partial charge on any atom is 0.318 e. The summed E-state index contributed by atoms with van der Waals surface area (Å²) in [4.78, 5) is 25.1. The average molecular weight is 312 g/mol. The average Bonchev–Trinajstić information content (AvgIpc) is 2.59. The zero-order chi connectivity index (χ0) is 16.4. The second kappa shape index (κ2) is 6.04. The summed E-state index contributed by atoms with van der Waals surface area (Å²) in [6.07, 6.45) is 1.55. The largest absolute Gasteiger partial charge is 0.497 e. The zero-order valence-corrected chi connectivity index (χ0v) is 13.1. The summed E-state index contributed by atoms with van der Waals surface area (Å²) in [6, 6.07) is 7.74. The Bertz CT molecular complexity index is 921. The van der Waals surface area contributed by atoms with Gasteiger partial charge in [0.05, 0.1) is 27.0 Å². The summed E-state index contributed by atoms with van der Waals surface area (Å²) in [5.74, 6) is 0.734. The smallest absolute Gasteiger partial charge is 0.318 e. The number of methoxy groups -OCH3 is 2. The van der Waals surface area contributed by atoms with Crippen LogP contribution in [-0.2, 0) is 6.54 Å². The molecule has 0 bridgehead atoms. The highest BCUT2D eigenvalue weighted by molar-refractivity contribution is 5.69. The van der Waals surface area contributed by atoms with Gasteiger partial charge in [0.1, 0.15) is 17.0 Å². The molecule has 3 aromatic rings. The minimum Gasteiger partial charge on any atom is -0.497 e. The summed E-state index contributed by atoms with van der Waals surface area (Å²) in [5.41, 5.74) is 2.12. The predicted molar refractivity (Wildman–Crippen MR) is 85.0 cm³/mol. The van der Waals surface area contributed by atoms with E-state index in [1.165, 1.54) is 7.11 Å². The zero-order valence-electron chi connectivity index (χ0n) is 13.1. The molecule has 7 nitrogen and oxygen atoms in total. The third-order valence-electron chi connectivity index (χ3n) is 3.48. The minimum absolute atomic E-state index is 0.193. The highest BCUT2D eigenvalue weighted by Crippen LogP contribution is 2.16. The Balaban J connectivity index is 2.17. The van der Waals surface area contributed by atoms with Crippen molar-refractivity contribution in [1.29, 1.82) is 0 Å². The molecule has 3 rings (SSSR count). The summed E-state index contributed by atoms with van der Waals surface area (Å²) < 4.78 is 11.8. The molecule has 7 heteroatoms. The van der Waals surface area contributed by atoms with Gasteiger partial charge >= 0.3 is 6.01 Å². The molecule has 0 radical (unpaired) electrons. The number of hydrogen-bond donors (Lipinski definition) is 0. The van der Waals surface area contributed by atoms with E-state index in [0.29, 0.717) is 23.4 Å². The highest BCUT2D eigenvalue weighted by atomic mass is 16.5. The Hall–Kier alpha value is -2.96. The van der Waals surface area contributed by atoms with Crippen LogP contribution in [0.3, 0.4) is 0 Å². The fourth-order valence-electron chi connectivity index (χ4n) is 2.35. The number of rotatable bonds is 4. The normalized spacial score (nSPS) is 10.7. The molecule has 2 heterocycles. The van der Waals surface area contributed by atoms with Gasteiger partial charge in [0.15, 0.2) is 5.65 Å². The van der Waals surface area contributed by atoms with Gasteiger partial charge in [0.25, 0.3) is 5.56 Å². The first-order valence-electron chi connectivity index (χ1n) is 7.03. The molecule has 0 aliphatic rings. The second-order valence-corrected chi connectivity index (χ2v) is 5.01. The molecule has 0 unspecified atom stereocenters. The van der Waals surface area contributed by atoms with Crippen LogP contribution in [0.1, 0.15) is 11.3 Å². The van der Waals surface area contributed by atoms with E-state index in [-0.39, 0.29) is 11.6 Å². The topological polar surface area (TPSA) is 79.1 Å². The molecule has 0 spiro atoms. The monoisotopic (exact) mass is 312 g/mol. The molecule has 0 fully saturated rings. The van der Waals surface area contributed by atoms with E-state index < -0.39 is 0 Å². The van der Waals surface area contributed by atoms with Crippen molar-refractivity contribution in [2.24, 2.45) is 0 Å². The van der Waals surface area contributed by atoms with Gasteiger partial charge in [-0.05, 0) is 24.6 Å². The predicted octanol–water partition coefficient (Wildman–Crippen LogP) is 1.56. The van der Waals surface area contributed by atoms with Gasteiger partial charge in [-0.1, -0.05) is 12.1 Å².